The van der Waals surface area contributed by atoms with Crippen molar-refractivity contribution in [1.29, 1.82) is 0 Å². The molecule has 0 atom stereocenters. The van der Waals surface area contributed by atoms with Crippen LogP contribution >= 0.6 is 0 Å². The lowest BCUT2D eigenvalue weighted by atomic mass is 10.0. The molecule has 0 spiro atoms. The van der Waals surface area contributed by atoms with Gasteiger partial charge in [0.25, 0.3) is 11.8 Å². The van der Waals surface area contributed by atoms with Gasteiger partial charge in [-0.15, -0.1) is 0 Å². The van der Waals surface area contributed by atoms with E-state index in [0.717, 1.165) is 29.2 Å². The number of carbonyl (C=O) groups is 2. The number of piperidine rings is 1. The largest absolute Gasteiger partial charge is 0.372 e. The molecule has 0 unspecified atom stereocenters. The minimum absolute atomic E-state index is 0.184. The van der Waals surface area contributed by atoms with Gasteiger partial charge >= 0.3 is 0 Å². The van der Waals surface area contributed by atoms with Gasteiger partial charge in [-0.25, -0.2) is 9.29 Å². The van der Waals surface area contributed by atoms with Crippen LogP contribution in [0.2, 0.25) is 0 Å². The van der Waals surface area contributed by atoms with Crippen LogP contribution in [0.5, 0.6) is 0 Å². The molecule has 1 fully saturated rings. The highest BCUT2D eigenvalue weighted by Gasteiger charge is 2.40. The van der Waals surface area contributed by atoms with Crippen molar-refractivity contribution in [2.24, 2.45) is 0 Å². The lowest BCUT2D eigenvalue weighted by Crippen LogP contribution is -2.32. The number of aryl methyl sites for hydroxylation is 1. The second kappa shape index (κ2) is 9.14. The van der Waals surface area contributed by atoms with Crippen molar-refractivity contribution in [2.45, 2.75) is 26.2 Å². The van der Waals surface area contributed by atoms with Gasteiger partial charge in [-0.1, -0.05) is 35.9 Å². The van der Waals surface area contributed by atoms with E-state index in [0.29, 0.717) is 11.3 Å². The summed E-state index contributed by atoms with van der Waals surface area (Å²) >= 11 is 0. The highest BCUT2D eigenvalue weighted by Crippen LogP contribution is 2.34. The molecule has 1 N–H and O–H groups in total. The van der Waals surface area contributed by atoms with Gasteiger partial charge in [0.15, 0.2) is 0 Å². The van der Waals surface area contributed by atoms with Crippen molar-refractivity contribution in [3.05, 3.63) is 95.4 Å². The Kier molecular flexibility index (Phi) is 5.88. The Balaban J connectivity index is 1.50. The summed E-state index contributed by atoms with van der Waals surface area (Å²) in [6, 6.07) is 20.9. The van der Waals surface area contributed by atoms with E-state index >= 15 is 0 Å². The molecule has 2 amide bonds. The average molecular weight is 456 g/mol. The van der Waals surface area contributed by atoms with Crippen LogP contribution in [0.4, 0.5) is 21.5 Å². The van der Waals surface area contributed by atoms with Gasteiger partial charge in [-0.05, 0) is 74.2 Å². The van der Waals surface area contributed by atoms with Crippen LogP contribution in [0, 0.1) is 12.7 Å². The van der Waals surface area contributed by atoms with Gasteiger partial charge < -0.3 is 10.2 Å². The lowest BCUT2D eigenvalue weighted by Gasteiger charge is -2.28. The standard InChI is InChI=1S/C28H26FN3O2/c1-19-8-10-20(11-9-19)25-26(28(34)32(27(25)33)24-7-5-6-21(29)18-24)30-22-12-14-23(15-13-22)31-16-3-2-4-17-31/h5-15,18,30H,2-4,16-17H2,1H3. The summed E-state index contributed by atoms with van der Waals surface area (Å²) in [5, 5.41) is 3.18. The van der Waals surface area contributed by atoms with Crippen LogP contribution in [0.25, 0.3) is 5.57 Å². The van der Waals surface area contributed by atoms with Crippen molar-refractivity contribution >= 4 is 34.4 Å². The van der Waals surface area contributed by atoms with E-state index in [1.165, 1.54) is 37.5 Å². The summed E-state index contributed by atoms with van der Waals surface area (Å²) in [7, 11) is 0. The topological polar surface area (TPSA) is 52.7 Å². The quantitative estimate of drug-likeness (QED) is 0.515. The Labute approximate surface area is 198 Å². The molecule has 0 aliphatic carbocycles. The number of anilines is 3. The zero-order chi connectivity index (χ0) is 23.7. The van der Waals surface area contributed by atoms with E-state index in [1.807, 2.05) is 55.5 Å². The lowest BCUT2D eigenvalue weighted by molar-refractivity contribution is -0.120. The molecule has 2 heterocycles. The van der Waals surface area contributed by atoms with Crippen molar-refractivity contribution in [2.75, 3.05) is 28.2 Å². The van der Waals surface area contributed by atoms with Crippen LogP contribution in [0.1, 0.15) is 30.4 Å². The Bertz CT molecular complexity index is 1260. The van der Waals surface area contributed by atoms with Crippen molar-refractivity contribution in [1.82, 2.24) is 0 Å². The molecule has 6 heteroatoms. The first-order chi connectivity index (χ1) is 16.5. The first kappa shape index (κ1) is 21.9. The monoisotopic (exact) mass is 455 g/mol. The van der Waals surface area contributed by atoms with Gasteiger partial charge in [0, 0.05) is 24.5 Å². The summed E-state index contributed by atoms with van der Waals surface area (Å²) in [6.45, 7) is 4.05. The van der Waals surface area contributed by atoms with E-state index in [2.05, 4.69) is 10.2 Å². The van der Waals surface area contributed by atoms with Crippen LogP contribution in [-0.2, 0) is 9.59 Å². The second-order valence-corrected chi connectivity index (χ2v) is 8.76. The number of amides is 2. The minimum atomic E-state index is -0.510. The number of hydrogen-bond donors (Lipinski definition) is 1. The average Bonchev–Trinajstić information content (AvgIpc) is 3.10. The first-order valence-corrected chi connectivity index (χ1v) is 11.6. The number of nitrogens with zero attached hydrogens (tertiary/aromatic N) is 2. The summed E-state index contributed by atoms with van der Waals surface area (Å²) in [4.78, 5) is 30.3. The molecule has 34 heavy (non-hydrogen) atoms. The van der Waals surface area contributed by atoms with Crippen molar-refractivity contribution in [3.63, 3.8) is 0 Å². The van der Waals surface area contributed by atoms with Crippen LogP contribution in [0.15, 0.2) is 78.5 Å². The van der Waals surface area contributed by atoms with E-state index in [9.17, 15) is 14.0 Å². The predicted octanol–water partition coefficient (Wildman–Crippen LogP) is 5.52. The third kappa shape index (κ3) is 4.19. The third-order valence-electron chi connectivity index (χ3n) is 6.35. The Morgan fingerprint density at radius 3 is 2.18 bits per heavy atom. The van der Waals surface area contributed by atoms with Crippen LogP contribution in [0.3, 0.4) is 0 Å². The van der Waals surface area contributed by atoms with Gasteiger partial charge in [0.2, 0.25) is 0 Å². The highest BCUT2D eigenvalue weighted by molar-refractivity contribution is 6.46. The maximum atomic E-state index is 13.9. The zero-order valence-corrected chi connectivity index (χ0v) is 19.1. The Morgan fingerprint density at radius 2 is 1.50 bits per heavy atom. The summed E-state index contributed by atoms with van der Waals surface area (Å²) in [5.41, 5.74) is 4.20. The Morgan fingerprint density at radius 1 is 0.794 bits per heavy atom. The number of halogens is 1. The van der Waals surface area contributed by atoms with E-state index in [-0.39, 0.29) is 17.0 Å². The third-order valence-corrected chi connectivity index (χ3v) is 6.35. The number of imide groups is 1. The maximum Gasteiger partial charge on any atom is 0.282 e. The van der Waals surface area contributed by atoms with Crippen molar-refractivity contribution in [3.8, 4) is 0 Å². The highest BCUT2D eigenvalue weighted by atomic mass is 19.1. The molecule has 172 valence electrons. The molecular formula is C28H26FN3O2. The fourth-order valence-corrected chi connectivity index (χ4v) is 4.54. The van der Waals surface area contributed by atoms with Gasteiger partial charge in [0.05, 0.1) is 11.3 Å². The molecule has 0 bridgehead atoms. The first-order valence-electron chi connectivity index (χ1n) is 11.6. The molecule has 2 aliphatic rings. The van der Waals surface area contributed by atoms with Crippen molar-refractivity contribution < 1.29 is 14.0 Å². The van der Waals surface area contributed by atoms with E-state index < -0.39 is 17.6 Å². The number of hydrogen-bond acceptors (Lipinski definition) is 4. The van der Waals surface area contributed by atoms with Gasteiger partial charge in [-0.3, -0.25) is 9.59 Å². The zero-order valence-electron chi connectivity index (χ0n) is 19.1. The number of nitrogens with one attached hydrogen (secondary N) is 1. The molecule has 0 aromatic heterocycles. The van der Waals surface area contributed by atoms with E-state index in [4.69, 9.17) is 0 Å². The maximum absolute atomic E-state index is 13.9. The van der Waals surface area contributed by atoms with Crippen LogP contribution < -0.4 is 15.1 Å². The van der Waals surface area contributed by atoms with Gasteiger partial charge in [0.1, 0.15) is 11.5 Å². The molecule has 5 nitrogen and oxygen atoms in total. The molecule has 0 saturated carbocycles. The molecule has 0 radical (unpaired) electrons. The predicted molar refractivity (Wildman–Crippen MR) is 133 cm³/mol. The summed E-state index contributed by atoms with van der Waals surface area (Å²) in [5.74, 6) is -1.50. The van der Waals surface area contributed by atoms with E-state index in [1.54, 1.807) is 6.07 Å². The summed E-state index contributed by atoms with van der Waals surface area (Å²) < 4.78 is 13.9. The SMILES string of the molecule is Cc1ccc(C2=C(Nc3ccc(N4CCCCC4)cc3)C(=O)N(c3cccc(F)c3)C2=O)cc1. The number of benzene rings is 3. The smallest absolute Gasteiger partial charge is 0.282 e. The number of rotatable bonds is 5. The molecule has 1 saturated heterocycles. The number of carbonyl (C=O) groups excluding carboxylic acids is 2. The van der Waals surface area contributed by atoms with Gasteiger partial charge in [-0.2, -0.15) is 0 Å². The molecule has 3 aromatic carbocycles. The normalized spacial score (nSPS) is 16.4. The molecular weight excluding hydrogens is 429 g/mol. The van der Waals surface area contributed by atoms with Crippen LogP contribution in [-0.4, -0.2) is 24.9 Å². The molecule has 3 aromatic rings. The molecule has 5 rings (SSSR count). The Hall–Kier alpha value is -3.93. The second-order valence-electron chi connectivity index (χ2n) is 8.76. The fraction of sp³-hybridized carbons (Fsp3) is 0.214. The fourth-order valence-electron chi connectivity index (χ4n) is 4.54. The minimum Gasteiger partial charge on any atom is -0.372 e. The molecule has 2 aliphatic heterocycles. The summed E-state index contributed by atoms with van der Waals surface area (Å²) in [6.07, 6.45) is 3.66.